The van der Waals surface area contributed by atoms with Crippen molar-refractivity contribution in [3.63, 3.8) is 0 Å². The fraction of sp³-hybridized carbons (Fsp3) is 0.938. The molecule has 0 aromatic carbocycles. The lowest BCUT2D eigenvalue weighted by Gasteiger charge is -2.41. The van der Waals surface area contributed by atoms with Crippen molar-refractivity contribution in [1.82, 2.24) is 0 Å². The molecule has 1 heterocycles. The summed E-state index contributed by atoms with van der Waals surface area (Å²) in [6, 6.07) is 0. The number of aliphatic hydroxyl groups excluding tert-OH is 1. The molecule has 1 unspecified atom stereocenters. The van der Waals surface area contributed by atoms with E-state index in [0.29, 0.717) is 5.92 Å². The minimum absolute atomic E-state index is 0.0851. The fourth-order valence-corrected chi connectivity index (χ4v) is 4.68. The molecule has 0 aromatic heterocycles. The van der Waals surface area contributed by atoms with Gasteiger partial charge in [0.05, 0.1) is 18.3 Å². The molecular formula is C16H26O6. The zero-order valence-electron chi connectivity index (χ0n) is 13.0. The second-order valence-corrected chi connectivity index (χ2v) is 7.27. The Bertz CT molecular complexity index is 427. The van der Waals surface area contributed by atoms with Crippen molar-refractivity contribution in [3.05, 3.63) is 0 Å². The van der Waals surface area contributed by atoms with E-state index in [0.717, 1.165) is 25.7 Å². The summed E-state index contributed by atoms with van der Waals surface area (Å²) < 4.78 is 11.1. The van der Waals surface area contributed by atoms with Gasteiger partial charge in [0.2, 0.25) is 0 Å². The molecular weight excluding hydrogens is 288 g/mol. The predicted octanol–water partition coefficient (Wildman–Crippen LogP) is 1.14. The van der Waals surface area contributed by atoms with Crippen molar-refractivity contribution < 1.29 is 29.6 Å². The number of fused-ring (bicyclic) bond motifs is 2. The second-order valence-electron chi connectivity index (χ2n) is 7.27. The normalized spacial score (nSPS) is 48.3. The van der Waals surface area contributed by atoms with E-state index in [1.165, 1.54) is 0 Å². The highest BCUT2D eigenvalue weighted by Gasteiger charge is 2.54. The van der Waals surface area contributed by atoms with E-state index in [-0.39, 0.29) is 31.3 Å². The third-order valence-electron chi connectivity index (χ3n) is 5.80. The molecule has 0 spiro atoms. The van der Waals surface area contributed by atoms with Crippen LogP contribution in [0.2, 0.25) is 0 Å². The van der Waals surface area contributed by atoms with Crippen molar-refractivity contribution in [1.29, 1.82) is 0 Å². The minimum Gasteiger partial charge on any atom is -0.479 e. The number of aliphatic carboxylic acids is 1. The Hall–Kier alpha value is -0.690. The highest BCUT2D eigenvalue weighted by molar-refractivity contribution is 5.72. The Labute approximate surface area is 130 Å². The smallest absolute Gasteiger partial charge is 0.333 e. The first-order chi connectivity index (χ1) is 10.4. The van der Waals surface area contributed by atoms with Crippen LogP contribution in [0, 0.1) is 17.8 Å². The SMILES string of the molecule is C[C@@H]1CC2CCC[C@H]1[C@@]2(O)CO[C@H]1C[C@@H](O)C[C@@H](C(=O)O)O1. The molecule has 1 aliphatic heterocycles. The van der Waals surface area contributed by atoms with Gasteiger partial charge in [0.1, 0.15) is 0 Å². The molecule has 0 aromatic rings. The lowest BCUT2D eigenvalue weighted by atomic mass is 9.74. The summed E-state index contributed by atoms with van der Waals surface area (Å²) in [5.74, 6) is -0.0942. The average molecular weight is 314 g/mol. The Morgan fingerprint density at radius 2 is 2.09 bits per heavy atom. The maximum atomic E-state index is 11.1. The van der Waals surface area contributed by atoms with Crippen LogP contribution in [0.25, 0.3) is 0 Å². The maximum absolute atomic E-state index is 11.1. The van der Waals surface area contributed by atoms with Crippen LogP contribution >= 0.6 is 0 Å². The molecule has 7 atom stereocenters. The van der Waals surface area contributed by atoms with Crippen LogP contribution in [0.5, 0.6) is 0 Å². The predicted molar refractivity (Wildman–Crippen MR) is 77.1 cm³/mol. The van der Waals surface area contributed by atoms with E-state index in [9.17, 15) is 15.0 Å². The number of hydrogen-bond donors (Lipinski definition) is 3. The second kappa shape index (κ2) is 6.07. The molecule has 2 bridgehead atoms. The third-order valence-corrected chi connectivity index (χ3v) is 5.80. The summed E-state index contributed by atoms with van der Waals surface area (Å²) in [4.78, 5) is 11.0. The summed E-state index contributed by atoms with van der Waals surface area (Å²) in [5, 5.41) is 29.9. The van der Waals surface area contributed by atoms with E-state index in [2.05, 4.69) is 6.92 Å². The first-order valence-corrected chi connectivity index (χ1v) is 8.30. The first kappa shape index (κ1) is 16.2. The summed E-state index contributed by atoms with van der Waals surface area (Å²) >= 11 is 0. The van der Waals surface area contributed by atoms with Gasteiger partial charge in [0.25, 0.3) is 0 Å². The Balaban J connectivity index is 1.61. The van der Waals surface area contributed by atoms with Gasteiger partial charge in [0.15, 0.2) is 12.4 Å². The van der Waals surface area contributed by atoms with Crippen LogP contribution < -0.4 is 0 Å². The van der Waals surface area contributed by atoms with Crippen LogP contribution in [-0.4, -0.2) is 52.0 Å². The lowest BCUT2D eigenvalue weighted by Crippen LogP contribution is -2.50. The number of rotatable bonds is 4. The van der Waals surface area contributed by atoms with Gasteiger partial charge >= 0.3 is 5.97 Å². The molecule has 3 aliphatic rings. The van der Waals surface area contributed by atoms with E-state index < -0.39 is 30.1 Å². The first-order valence-electron chi connectivity index (χ1n) is 8.30. The number of aliphatic hydroxyl groups is 2. The van der Waals surface area contributed by atoms with Gasteiger partial charge in [0, 0.05) is 12.8 Å². The summed E-state index contributed by atoms with van der Waals surface area (Å²) in [6.07, 6.45) is 2.02. The van der Waals surface area contributed by atoms with Crippen molar-refractivity contribution in [3.8, 4) is 0 Å². The topological polar surface area (TPSA) is 96.2 Å². The molecule has 22 heavy (non-hydrogen) atoms. The van der Waals surface area contributed by atoms with Gasteiger partial charge in [-0.25, -0.2) is 4.79 Å². The van der Waals surface area contributed by atoms with E-state index in [1.54, 1.807) is 0 Å². The van der Waals surface area contributed by atoms with Crippen molar-refractivity contribution >= 4 is 5.97 Å². The summed E-state index contributed by atoms with van der Waals surface area (Å²) in [5.41, 5.74) is -0.831. The van der Waals surface area contributed by atoms with Gasteiger partial charge in [-0.15, -0.1) is 0 Å². The molecule has 126 valence electrons. The van der Waals surface area contributed by atoms with Crippen LogP contribution in [0.3, 0.4) is 0 Å². The molecule has 6 nitrogen and oxygen atoms in total. The number of hydrogen-bond acceptors (Lipinski definition) is 5. The average Bonchev–Trinajstić information content (AvgIpc) is 2.62. The zero-order valence-corrected chi connectivity index (χ0v) is 13.0. The van der Waals surface area contributed by atoms with Crippen molar-refractivity contribution in [2.45, 2.75) is 69.5 Å². The Morgan fingerprint density at radius 3 is 2.77 bits per heavy atom. The third kappa shape index (κ3) is 2.89. The highest BCUT2D eigenvalue weighted by atomic mass is 16.7. The van der Waals surface area contributed by atoms with Crippen LogP contribution in [-0.2, 0) is 14.3 Å². The van der Waals surface area contributed by atoms with E-state index >= 15 is 0 Å². The summed E-state index contributed by atoms with van der Waals surface area (Å²) in [6.45, 7) is 2.35. The molecule has 1 saturated heterocycles. The Morgan fingerprint density at radius 1 is 1.32 bits per heavy atom. The van der Waals surface area contributed by atoms with E-state index in [4.69, 9.17) is 14.6 Å². The largest absolute Gasteiger partial charge is 0.479 e. The number of carbonyl (C=O) groups is 1. The molecule has 3 rings (SSSR count). The van der Waals surface area contributed by atoms with Gasteiger partial charge in [-0.1, -0.05) is 13.3 Å². The fourth-order valence-electron chi connectivity index (χ4n) is 4.68. The standard InChI is InChI=1S/C16H26O6/c1-9-5-10-3-2-4-12(9)16(10,20)8-21-14-7-11(17)6-13(22-14)15(18)19/h9-14,17,20H,2-8H2,1H3,(H,18,19)/t9-,10?,11+,12-,13+,14-,16-/m1/s1. The highest BCUT2D eigenvalue weighted by Crippen LogP contribution is 2.52. The molecule has 6 heteroatoms. The number of carboxylic acids is 1. The van der Waals surface area contributed by atoms with Crippen LogP contribution in [0.15, 0.2) is 0 Å². The molecule has 3 N–H and O–H groups in total. The van der Waals surface area contributed by atoms with Gasteiger partial charge in [-0.05, 0) is 37.0 Å². The monoisotopic (exact) mass is 314 g/mol. The molecule has 2 saturated carbocycles. The number of carboxylic acid groups (broad SMARTS) is 1. The quantitative estimate of drug-likeness (QED) is 0.720. The van der Waals surface area contributed by atoms with Crippen molar-refractivity contribution in [2.75, 3.05) is 6.61 Å². The molecule has 2 aliphatic carbocycles. The maximum Gasteiger partial charge on any atom is 0.333 e. The lowest BCUT2D eigenvalue weighted by molar-refractivity contribution is -0.244. The van der Waals surface area contributed by atoms with Gasteiger partial charge in [-0.3, -0.25) is 0 Å². The number of ether oxygens (including phenoxy) is 2. The summed E-state index contributed by atoms with van der Waals surface area (Å²) in [7, 11) is 0. The van der Waals surface area contributed by atoms with Gasteiger partial charge in [-0.2, -0.15) is 0 Å². The Kier molecular flexibility index (Phi) is 4.47. The van der Waals surface area contributed by atoms with Crippen LogP contribution in [0.1, 0.15) is 45.4 Å². The molecule has 3 fully saturated rings. The minimum atomic E-state index is -1.09. The van der Waals surface area contributed by atoms with E-state index in [1.807, 2.05) is 0 Å². The van der Waals surface area contributed by atoms with Crippen LogP contribution in [0.4, 0.5) is 0 Å². The molecule has 0 amide bonds. The van der Waals surface area contributed by atoms with Crippen molar-refractivity contribution in [2.24, 2.45) is 17.8 Å². The molecule has 0 radical (unpaired) electrons. The zero-order chi connectivity index (χ0) is 15.9. The van der Waals surface area contributed by atoms with Gasteiger partial charge < -0.3 is 24.8 Å².